The molecule has 1 aromatic rings. The van der Waals surface area contributed by atoms with Crippen LogP contribution in [-0.2, 0) is 16.1 Å². The Morgan fingerprint density at radius 2 is 1.76 bits per heavy atom. The lowest BCUT2D eigenvalue weighted by atomic mass is 9.94. The molecule has 1 N–H and O–H groups in total. The number of nitrogens with zero attached hydrogens (tertiary/aromatic N) is 2. The van der Waals surface area contributed by atoms with E-state index in [1.54, 1.807) is 0 Å². The summed E-state index contributed by atoms with van der Waals surface area (Å²) in [6.07, 6.45) is 11.5. The summed E-state index contributed by atoms with van der Waals surface area (Å²) in [5.74, 6) is -0.0822. The molecule has 1 atom stereocenters. The van der Waals surface area contributed by atoms with Gasteiger partial charge in [0.2, 0.25) is 11.8 Å². The number of para-hydroxylation sites is 1. The molecule has 1 unspecified atom stereocenters. The molecule has 158 valence electrons. The number of hydrogen-bond donors (Lipinski definition) is 1. The first-order chi connectivity index (χ1) is 14.1. The van der Waals surface area contributed by atoms with Gasteiger partial charge in [-0.05, 0) is 44.4 Å². The Morgan fingerprint density at radius 3 is 2.52 bits per heavy atom. The predicted molar refractivity (Wildman–Crippen MR) is 115 cm³/mol. The zero-order chi connectivity index (χ0) is 20.2. The van der Waals surface area contributed by atoms with Gasteiger partial charge in [0, 0.05) is 37.3 Å². The highest BCUT2D eigenvalue weighted by Crippen LogP contribution is 2.30. The van der Waals surface area contributed by atoms with Crippen LogP contribution >= 0.6 is 0 Å². The van der Waals surface area contributed by atoms with E-state index in [1.807, 2.05) is 23.1 Å². The minimum atomic E-state index is -0.229. The summed E-state index contributed by atoms with van der Waals surface area (Å²) in [5, 5.41) is 3.15. The molecule has 2 amide bonds. The summed E-state index contributed by atoms with van der Waals surface area (Å²) in [6, 6.07) is 9.12. The van der Waals surface area contributed by atoms with E-state index in [1.165, 1.54) is 44.9 Å². The molecule has 2 aliphatic carbocycles. The van der Waals surface area contributed by atoms with Gasteiger partial charge in [0.05, 0.1) is 5.92 Å². The zero-order valence-electron chi connectivity index (χ0n) is 17.7. The van der Waals surface area contributed by atoms with Crippen LogP contribution in [0.3, 0.4) is 0 Å². The molecular formula is C24H35N3O2. The van der Waals surface area contributed by atoms with Crippen molar-refractivity contribution < 1.29 is 9.59 Å². The standard InChI is InChI=1S/C24H35N3O2/c1-26(20-10-3-2-4-11-20)16-18-9-5-8-14-22(18)25-24(29)19-15-23(28)27(17-19)21-12-6-7-13-21/h5,8-9,14,19-21H,2-4,6-7,10-13,15-17H2,1H3,(H,25,29). The average Bonchev–Trinajstić information content (AvgIpc) is 3.39. The average molecular weight is 398 g/mol. The lowest BCUT2D eigenvalue weighted by Crippen LogP contribution is -2.35. The van der Waals surface area contributed by atoms with E-state index < -0.39 is 0 Å². The van der Waals surface area contributed by atoms with Crippen LogP contribution in [0.5, 0.6) is 0 Å². The van der Waals surface area contributed by atoms with Gasteiger partial charge in [-0.3, -0.25) is 14.5 Å². The van der Waals surface area contributed by atoms with Crippen molar-refractivity contribution in [3.05, 3.63) is 29.8 Å². The lowest BCUT2D eigenvalue weighted by Gasteiger charge is -2.31. The monoisotopic (exact) mass is 397 g/mol. The van der Waals surface area contributed by atoms with Gasteiger partial charge in [-0.2, -0.15) is 0 Å². The highest BCUT2D eigenvalue weighted by atomic mass is 16.2. The molecule has 2 saturated carbocycles. The van der Waals surface area contributed by atoms with Crippen LogP contribution in [0.15, 0.2) is 24.3 Å². The number of anilines is 1. The summed E-state index contributed by atoms with van der Waals surface area (Å²) < 4.78 is 0. The predicted octanol–water partition coefficient (Wildman–Crippen LogP) is 4.18. The van der Waals surface area contributed by atoms with Crippen molar-refractivity contribution in [3.8, 4) is 0 Å². The summed E-state index contributed by atoms with van der Waals surface area (Å²) in [6.45, 7) is 1.43. The van der Waals surface area contributed by atoms with Crippen molar-refractivity contribution in [2.24, 2.45) is 5.92 Å². The summed E-state index contributed by atoms with van der Waals surface area (Å²) >= 11 is 0. The Labute approximate surface area is 174 Å². The first kappa shape index (κ1) is 20.4. The maximum atomic E-state index is 13.0. The van der Waals surface area contributed by atoms with Crippen LogP contribution in [0, 0.1) is 5.92 Å². The molecule has 0 bridgehead atoms. The Morgan fingerprint density at radius 1 is 1.07 bits per heavy atom. The molecular weight excluding hydrogens is 362 g/mol. The third-order valence-corrected chi connectivity index (χ3v) is 7.19. The van der Waals surface area contributed by atoms with Crippen LogP contribution in [0.4, 0.5) is 5.69 Å². The second kappa shape index (κ2) is 9.29. The number of rotatable bonds is 6. The van der Waals surface area contributed by atoms with Gasteiger partial charge < -0.3 is 10.2 Å². The van der Waals surface area contributed by atoms with Crippen molar-refractivity contribution >= 4 is 17.5 Å². The molecule has 29 heavy (non-hydrogen) atoms. The van der Waals surface area contributed by atoms with Crippen LogP contribution in [0.2, 0.25) is 0 Å². The molecule has 4 rings (SSSR count). The Hall–Kier alpha value is -1.88. The molecule has 3 aliphatic rings. The largest absolute Gasteiger partial charge is 0.339 e. The summed E-state index contributed by atoms with van der Waals surface area (Å²) in [4.78, 5) is 29.8. The minimum absolute atomic E-state index is 0.00776. The van der Waals surface area contributed by atoms with E-state index in [9.17, 15) is 9.59 Å². The van der Waals surface area contributed by atoms with Gasteiger partial charge in [-0.15, -0.1) is 0 Å². The maximum Gasteiger partial charge on any atom is 0.229 e. The Balaban J connectivity index is 1.37. The highest BCUT2D eigenvalue weighted by molar-refractivity contribution is 5.97. The van der Waals surface area contributed by atoms with Crippen LogP contribution in [-0.4, -0.2) is 47.3 Å². The lowest BCUT2D eigenvalue weighted by molar-refractivity contribution is -0.129. The first-order valence-corrected chi connectivity index (χ1v) is 11.5. The number of likely N-dealkylation sites (tertiary alicyclic amines) is 1. The van der Waals surface area contributed by atoms with Gasteiger partial charge in [0.25, 0.3) is 0 Å². The fraction of sp³-hybridized carbons (Fsp3) is 0.667. The van der Waals surface area contributed by atoms with Crippen molar-refractivity contribution in [3.63, 3.8) is 0 Å². The summed E-state index contributed by atoms with van der Waals surface area (Å²) in [5.41, 5.74) is 2.05. The second-order valence-electron chi connectivity index (χ2n) is 9.24. The number of amides is 2. The molecule has 1 aromatic carbocycles. The number of benzene rings is 1. The fourth-order valence-corrected chi connectivity index (χ4v) is 5.41. The van der Waals surface area contributed by atoms with Gasteiger partial charge >= 0.3 is 0 Å². The number of carbonyl (C=O) groups excluding carboxylic acids is 2. The molecule has 5 heteroatoms. The SMILES string of the molecule is CN(Cc1ccccc1NC(=O)C1CC(=O)N(C2CCCC2)C1)C1CCCCC1. The van der Waals surface area contributed by atoms with E-state index in [0.29, 0.717) is 25.0 Å². The van der Waals surface area contributed by atoms with E-state index in [0.717, 1.165) is 30.6 Å². The number of carbonyl (C=O) groups is 2. The molecule has 0 spiro atoms. The van der Waals surface area contributed by atoms with Gasteiger partial charge in [0.15, 0.2) is 0 Å². The Kier molecular flexibility index (Phi) is 6.53. The van der Waals surface area contributed by atoms with Crippen LogP contribution in [0.1, 0.15) is 69.8 Å². The van der Waals surface area contributed by atoms with Crippen molar-refractivity contribution in [2.45, 2.75) is 82.8 Å². The van der Waals surface area contributed by atoms with Gasteiger partial charge in [-0.25, -0.2) is 0 Å². The topological polar surface area (TPSA) is 52.7 Å². The van der Waals surface area contributed by atoms with Crippen molar-refractivity contribution in [1.29, 1.82) is 0 Å². The molecule has 0 aromatic heterocycles. The molecule has 5 nitrogen and oxygen atoms in total. The first-order valence-electron chi connectivity index (χ1n) is 11.5. The van der Waals surface area contributed by atoms with Crippen molar-refractivity contribution in [2.75, 3.05) is 18.9 Å². The smallest absolute Gasteiger partial charge is 0.229 e. The third kappa shape index (κ3) is 4.82. The number of hydrogen-bond acceptors (Lipinski definition) is 3. The quantitative estimate of drug-likeness (QED) is 0.783. The van der Waals surface area contributed by atoms with Crippen LogP contribution < -0.4 is 5.32 Å². The minimum Gasteiger partial charge on any atom is -0.339 e. The van der Waals surface area contributed by atoms with E-state index in [2.05, 4.69) is 23.3 Å². The van der Waals surface area contributed by atoms with Crippen LogP contribution in [0.25, 0.3) is 0 Å². The number of nitrogens with one attached hydrogen (secondary N) is 1. The Bertz CT molecular complexity index is 723. The maximum absolute atomic E-state index is 13.0. The van der Waals surface area contributed by atoms with Gasteiger partial charge in [0.1, 0.15) is 0 Å². The molecule has 1 heterocycles. The zero-order valence-corrected chi connectivity index (χ0v) is 17.7. The third-order valence-electron chi connectivity index (χ3n) is 7.19. The molecule has 1 saturated heterocycles. The van der Waals surface area contributed by atoms with E-state index in [-0.39, 0.29) is 17.7 Å². The van der Waals surface area contributed by atoms with Gasteiger partial charge in [-0.1, -0.05) is 50.3 Å². The highest BCUT2D eigenvalue weighted by Gasteiger charge is 2.38. The van der Waals surface area contributed by atoms with E-state index >= 15 is 0 Å². The van der Waals surface area contributed by atoms with Crippen molar-refractivity contribution in [1.82, 2.24) is 9.80 Å². The summed E-state index contributed by atoms with van der Waals surface area (Å²) in [7, 11) is 2.20. The molecule has 3 fully saturated rings. The molecule has 0 radical (unpaired) electrons. The second-order valence-corrected chi connectivity index (χ2v) is 9.24. The van der Waals surface area contributed by atoms with E-state index in [4.69, 9.17) is 0 Å². The molecule has 1 aliphatic heterocycles. The normalized spacial score (nSPS) is 23.9. The fourth-order valence-electron chi connectivity index (χ4n) is 5.41.